The van der Waals surface area contributed by atoms with Gasteiger partial charge in [0.25, 0.3) is 0 Å². The van der Waals surface area contributed by atoms with Crippen molar-refractivity contribution < 1.29 is 9.53 Å². The number of nitrogens with one attached hydrogen (secondary N) is 2. The summed E-state index contributed by atoms with van der Waals surface area (Å²) < 4.78 is 8.96. The second-order valence-corrected chi connectivity index (χ2v) is 4.66. The van der Waals surface area contributed by atoms with Crippen LogP contribution in [0.2, 0.25) is 0 Å². The molecule has 0 fully saturated rings. The third-order valence-corrected chi connectivity index (χ3v) is 3.36. The number of rotatable bonds is 5. The first-order valence-electron chi connectivity index (χ1n) is 5.81. The Bertz CT molecular complexity index is 551. The first-order valence-corrected chi connectivity index (χ1v) is 6.58. The SMILES string of the molecule is CCOC(=O)c1c(N)nsc1NC(C)c1cn[nH]c1. The van der Waals surface area contributed by atoms with Crippen molar-refractivity contribution in [1.29, 1.82) is 0 Å². The third kappa shape index (κ3) is 2.84. The van der Waals surface area contributed by atoms with Crippen LogP contribution in [-0.4, -0.2) is 27.1 Å². The summed E-state index contributed by atoms with van der Waals surface area (Å²) in [7, 11) is 0. The molecule has 0 bridgehead atoms. The molecule has 0 aromatic carbocycles. The number of nitrogens with two attached hydrogens (primary N) is 1. The van der Waals surface area contributed by atoms with Crippen molar-refractivity contribution in [2.75, 3.05) is 17.7 Å². The number of aromatic nitrogens is 3. The van der Waals surface area contributed by atoms with Gasteiger partial charge in [0.05, 0.1) is 18.8 Å². The molecule has 2 aromatic rings. The molecule has 1 atom stereocenters. The van der Waals surface area contributed by atoms with Gasteiger partial charge in [-0.3, -0.25) is 5.10 Å². The number of hydrogen-bond acceptors (Lipinski definition) is 7. The van der Waals surface area contributed by atoms with Crippen LogP contribution in [0.3, 0.4) is 0 Å². The Kier molecular flexibility index (Phi) is 4.00. The number of hydrogen-bond donors (Lipinski definition) is 3. The highest BCUT2D eigenvalue weighted by atomic mass is 32.1. The van der Waals surface area contributed by atoms with E-state index in [1.807, 2.05) is 6.92 Å². The third-order valence-electron chi connectivity index (χ3n) is 2.57. The van der Waals surface area contributed by atoms with E-state index in [0.717, 1.165) is 17.1 Å². The maximum atomic E-state index is 11.8. The number of aromatic amines is 1. The summed E-state index contributed by atoms with van der Waals surface area (Å²) in [6, 6.07) is -0.0215. The number of carbonyl (C=O) groups is 1. The zero-order valence-electron chi connectivity index (χ0n) is 10.6. The second kappa shape index (κ2) is 5.70. The van der Waals surface area contributed by atoms with Crippen LogP contribution in [0, 0.1) is 0 Å². The fourth-order valence-electron chi connectivity index (χ4n) is 1.58. The van der Waals surface area contributed by atoms with Crippen molar-refractivity contribution in [3.63, 3.8) is 0 Å². The maximum absolute atomic E-state index is 11.8. The maximum Gasteiger partial charge on any atom is 0.344 e. The minimum atomic E-state index is -0.462. The van der Waals surface area contributed by atoms with Crippen LogP contribution >= 0.6 is 11.5 Å². The first kappa shape index (κ1) is 13.3. The molecule has 4 N–H and O–H groups in total. The molecule has 0 amide bonds. The van der Waals surface area contributed by atoms with Gasteiger partial charge in [0.15, 0.2) is 5.82 Å². The van der Waals surface area contributed by atoms with Crippen LogP contribution < -0.4 is 11.1 Å². The highest BCUT2D eigenvalue weighted by Crippen LogP contribution is 2.30. The standard InChI is InChI=1S/C11H15N5O2S/c1-3-18-11(17)8-9(12)16-19-10(8)15-6(2)7-4-13-14-5-7/h4-6,15H,3H2,1-2H3,(H2,12,16)(H,13,14). The minimum absolute atomic E-state index is 0.0215. The first-order chi connectivity index (χ1) is 9.13. The summed E-state index contributed by atoms with van der Waals surface area (Å²) in [4.78, 5) is 11.8. The van der Waals surface area contributed by atoms with E-state index in [-0.39, 0.29) is 11.9 Å². The summed E-state index contributed by atoms with van der Waals surface area (Å²) in [6.45, 7) is 4.00. The summed E-state index contributed by atoms with van der Waals surface area (Å²) >= 11 is 1.14. The molecular formula is C11H15N5O2S. The van der Waals surface area contributed by atoms with E-state index >= 15 is 0 Å². The van der Waals surface area contributed by atoms with Crippen LogP contribution in [0.15, 0.2) is 12.4 Å². The monoisotopic (exact) mass is 281 g/mol. The molecule has 2 rings (SSSR count). The van der Waals surface area contributed by atoms with Crippen molar-refractivity contribution in [2.24, 2.45) is 0 Å². The Morgan fingerprint density at radius 1 is 1.68 bits per heavy atom. The summed E-state index contributed by atoms with van der Waals surface area (Å²) in [6.07, 6.45) is 3.50. The van der Waals surface area contributed by atoms with Gasteiger partial charge in [0, 0.05) is 11.8 Å². The average molecular weight is 281 g/mol. The molecule has 0 saturated carbocycles. The number of nitrogen functional groups attached to an aromatic ring is 1. The Balaban J connectivity index is 2.19. The number of anilines is 2. The molecule has 0 saturated heterocycles. The molecule has 7 nitrogen and oxygen atoms in total. The Morgan fingerprint density at radius 3 is 3.11 bits per heavy atom. The predicted octanol–water partition coefficient (Wildman–Crippen LogP) is 1.80. The molecule has 0 aliphatic rings. The fraction of sp³-hybridized carbons (Fsp3) is 0.364. The Hall–Kier alpha value is -2.09. The molecule has 0 aliphatic carbocycles. The molecule has 1 unspecified atom stereocenters. The molecule has 19 heavy (non-hydrogen) atoms. The van der Waals surface area contributed by atoms with Gasteiger partial charge in [-0.2, -0.15) is 9.47 Å². The normalized spacial score (nSPS) is 12.1. The van der Waals surface area contributed by atoms with Gasteiger partial charge in [0.1, 0.15) is 10.6 Å². The Morgan fingerprint density at radius 2 is 2.47 bits per heavy atom. The lowest BCUT2D eigenvalue weighted by Gasteiger charge is -2.12. The van der Waals surface area contributed by atoms with E-state index in [1.54, 1.807) is 19.3 Å². The lowest BCUT2D eigenvalue weighted by atomic mass is 10.2. The lowest BCUT2D eigenvalue weighted by Crippen LogP contribution is -2.11. The average Bonchev–Trinajstić information content (AvgIpc) is 2.99. The molecule has 0 radical (unpaired) electrons. The fourth-order valence-corrected chi connectivity index (χ4v) is 2.37. The minimum Gasteiger partial charge on any atom is -0.462 e. The van der Waals surface area contributed by atoms with Gasteiger partial charge >= 0.3 is 5.97 Å². The largest absolute Gasteiger partial charge is 0.462 e. The van der Waals surface area contributed by atoms with Gasteiger partial charge in [-0.05, 0) is 25.4 Å². The van der Waals surface area contributed by atoms with Gasteiger partial charge < -0.3 is 15.8 Å². The van der Waals surface area contributed by atoms with Crippen LogP contribution in [0.4, 0.5) is 10.8 Å². The van der Waals surface area contributed by atoms with Gasteiger partial charge in [-0.25, -0.2) is 4.79 Å². The van der Waals surface area contributed by atoms with Crippen molar-refractivity contribution >= 4 is 28.3 Å². The van der Waals surface area contributed by atoms with Gasteiger partial charge in [0.2, 0.25) is 0 Å². The highest BCUT2D eigenvalue weighted by Gasteiger charge is 2.22. The topological polar surface area (TPSA) is 106 Å². The van der Waals surface area contributed by atoms with E-state index in [9.17, 15) is 4.79 Å². The zero-order chi connectivity index (χ0) is 13.8. The number of nitrogens with zero attached hydrogens (tertiary/aromatic N) is 2. The second-order valence-electron chi connectivity index (χ2n) is 3.89. The lowest BCUT2D eigenvalue weighted by molar-refractivity contribution is 0.0529. The molecule has 2 heterocycles. The van der Waals surface area contributed by atoms with Crippen molar-refractivity contribution in [3.8, 4) is 0 Å². The van der Waals surface area contributed by atoms with E-state index < -0.39 is 5.97 Å². The number of ether oxygens (including phenoxy) is 1. The van der Waals surface area contributed by atoms with Crippen molar-refractivity contribution in [3.05, 3.63) is 23.5 Å². The van der Waals surface area contributed by atoms with E-state index in [2.05, 4.69) is 19.9 Å². The van der Waals surface area contributed by atoms with Crippen LogP contribution in [0.25, 0.3) is 0 Å². The van der Waals surface area contributed by atoms with Gasteiger partial charge in [-0.15, -0.1) is 0 Å². The van der Waals surface area contributed by atoms with Crippen LogP contribution in [0.1, 0.15) is 35.8 Å². The van der Waals surface area contributed by atoms with Crippen molar-refractivity contribution in [1.82, 2.24) is 14.6 Å². The number of H-pyrrole nitrogens is 1. The highest BCUT2D eigenvalue weighted by molar-refractivity contribution is 7.11. The van der Waals surface area contributed by atoms with Gasteiger partial charge in [-0.1, -0.05) is 0 Å². The number of carbonyl (C=O) groups excluding carboxylic acids is 1. The molecule has 0 spiro atoms. The quantitative estimate of drug-likeness (QED) is 0.721. The molecular weight excluding hydrogens is 266 g/mol. The predicted molar refractivity (Wildman–Crippen MR) is 73.1 cm³/mol. The smallest absolute Gasteiger partial charge is 0.344 e. The summed E-state index contributed by atoms with van der Waals surface area (Å²) in [5, 5.41) is 10.4. The molecule has 102 valence electrons. The Labute approximate surface area is 114 Å². The van der Waals surface area contributed by atoms with Crippen molar-refractivity contribution in [2.45, 2.75) is 19.9 Å². The molecule has 8 heteroatoms. The van der Waals surface area contributed by atoms with Crippen LogP contribution in [-0.2, 0) is 4.74 Å². The summed E-state index contributed by atoms with van der Waals surface area (Å²) in [5.74, 6) is -0.277. The number of esters is 1. The van der Waals surface area contributed by atoms with Crippen LogP contribution in [0.5, 0.6) is 0 Å². The summed E-state index contributed by atoms with van der Waals surface area (Å²) in [5.41, 5.74) is 6.97. The molecule has 0 aliphatic heterocycles. The zero-order valence-corrected chi connectivity index (χ0v) is 11.5. The van der Waals surface area contributed by atoms with E-state index in [4.69, 9.17) is 10.5 Å². The van der Waals surface area contributed by atoms with E-state index in [1.165, 1.54) is 0 Å². The van der Waals surface area contributed by atoms with E-state index in [0.29, 0.717) is 17.2 Å². The molecule has 2 aromatic heterocycles.